The summed E-state index contributed by atoms with van der Waals surface area (Å²) in [6, 6.07) is 0. The van der Waals surface area contributed by atoms with Crippen LogP contribution in [0.1, 0.15) is 4.88 Å². The lowest BCUT2D eigenvalue weighted by molar-refractivity contribution is -0.435. The van der Waals surface area contributed by atoms with Gasteiger partial charge in [-0.2, -0.15) is 57.1 Å². The van der Waals surface area contributed by atoms with Gasteiger partial charge in [-0.1, -0.05) is 0 Å². The fourth-order valence-corrected chi connectivity index (χ4v) is 2.16. The summed E-state index contributed by atoms with van der Waals surface area (Å²) in [6.45, 7) is 1.26. The van der Waals surface area contributed by atoms with E-state index in [-0.39, 0.29) is 4.88 Å². The molecule has 0 unspecified atom stereocenters. The molecule has 162 valence electrons. The van der Waals surface area contributed by atoms with Crippen LogP contribution in [0.5, 0.6) is 0 Å². The SMILES string of the molecule is Cc1cnc(NC(=O)C(F)(F)C(F)(F)C(F)(F)C(F)(F)C(F)(F)C(F)(F)F)s1. The lowest BCUT2D eigenvalue weighted by atomic mass is 9.93. The molecular formula is C11H5F13N2OS. The molecular weight excluding hydrogens is 455 g/mol. The van der Waals surface area contributed by atoms with Crippen molar-refractivity contribution in [2.24, 2.45) is 0 Å². The van der Waals surface area contributed by atoms with Gasteiger partial charge in [-0.15, -0.1) is 11.3 Å². The Labute approximate surface area is 149 Å². The number of thiazole rings is 1. The van der Waals surface area contributed by atoms with Crippen LogP contribution in [0.3, 0.4) is 0 Å². The molecule has 0 radical (unpaired) electrons. The molecule has 0 aliphatic rings. The van der Waals surface area contributed by atoms with E-state index in [1.54, 1.807) is 0 Å². The Balaban J connectivity index is 3.38. The number of carbonyl (C=O) groups excluding carboxylic acids is 1. The molecule has 0 saturated heterocycles. The molecule has 1 heterocycles. The first kappa shape index (κ1) is 24.2. The molecule has 17 heteroatoms. The van der Waals surface area contributed by atoms with Crippen molar-refractivity contribution in [1.29, 1.82) is 0 Å². The molecule has 1 aromatic heterocycles. The summed E-state index contributed by atoms with van der Waals surface area (Å²) in [7, 11) is 0. The molecule has 0 fully saturated rings. The average molecular weight is 460 g/mol. The molecule has 0 spiro atoms. The smallest absolute Gasteiger partial charge is 0.296 e. The Bertz CT molecular complexity index is 739. The Morgan fingerprint density at radius 2 is 1.25 bits per heavy atom. The van der Waals surface area contributed by atoms with Gasteiger partial charge in [0.05, 0.1) is 0 Å². The van der Waals surface area contributed by atoms with Crippen molar-refractivity contribution >= 4 is 22.4 Å². The maximum absolute atomic E-state index is 13.5. The highest BCUT2D eigenvalue weighted by Gasteiger charge is 2.91. The summed E-state index contributed by atoms with van der Waals surface area (Å²) in [6.07, 6.45) is -6.63. The molecule has 1 amide bonds. The van der Waals surface area contributed by atoms with E-state index < -0.39 is 46.8 Å². The fourth-order valence-electron chi connectivity index (χ4n) is 1.50. The lowest BCUT2D eigenvalue weighted by Gasteiger charge is -2.39. The van der Waals surface area contributed by atoms with Gasteiger partial charge < -0.3 is 0 Å². The van der Waals surface area contributed by atoms with E-state index >= 15 is 0 Å². The summed E-state index contributed by atoms with van der Waals surface area (Å²) in [5, 5.41) is -0.0426. The second-order valence-corrected chi connectivity index (χ2v) is 6.33. The fraction of sp³-hybridized carbons (Fsp3) is 0.636. The summed E-state index contributed by atoms with van der Waals surface area (Å²) in [4.78, 5) is 14.5. The Kier molecular flexibility index (Phi) is 5.73. The third-order valence-corrected chi connectivity index (χ3v) is 3.89. The third-order valence-electron chi connectivity index (χ3n) is 3.06. The van der Waals surface area contributed by atoms with Crippen molar-refractivity contribution in [3.63, 3.8) is 0 Å². The number of aryl methyl sites for hydroxylation is 1. The van der Waals surface area contributed by atoms with E-state index in [1.807, 2.05) is 0 Å². The first-order valence-corrected chi connectivity index (χ1v) is 7.16. The zero-order chi connectivity index (χ0) is 22.6. The van der Waals surface area contributed by atoms with Gasteiger partial charge in [0, 0.05) is 11.1 Å². The minimum Gasteiger partial charge on any atom is -0.296 e. The summed E-state index contributed by atoms with van der Waals surface area (Å²) in [5.41, 5.74) is 0. The van der Waals surface area contributed by atoms with Crippen LogP contribution in [0.4, 0.5) is 62.2 Å². The average Bonchev–Trinajstić information content (AvgIpc) is 2.90. The molecule has 0 bridgehead atoms. The molecule has 0 aromatic carbocycles. The highest BCUT2D eigenvalue weighted by atomic mass is 32.1. The zero-order valence-electron chi connectivity index (χ0n) is 12.8. The summed E-state index contributed by atoms with van der Waals surface area (Å²) in [5.74, 6) is -41.8. The van der Waals surface area contributed by atoms with E-state index in [0.29, 0.717) is 11.3 Å². The van der Waals surface area contributed by atoms with Crippen molar-refractivity contribution in [2.45, 2.75) is 42.7 Å². The van der Waals surface area contributed by atoms with Crippen LogP contribution in [-0.4, -0.2) is 46.7 Å². The number of carbonyl (C=O) groups is 1. The van der Waals surface area contributed by atoms with Gasteiger partial charge in [-0.25, -0.2) is 4.98 Å². The first-order chi connectivity index (χ1) is 12.1. The van der Waals surface area contributed by atoms with Crippen molar-refractivity contribution in [3.05, 3.63) is 11.1 Å². The molecule has 0 aliphatic heterocycles. The molecule has 1 aromatic rings. The van der Waals surface area contributed by atoms with Crippen molar-refractivity contribution in [2.75, 3.05) is 5.32 Å². The number of nitrogens with zero attached hydrogens (tertiary/aromatic N) is 1. The minimum absolute atomic E-state index is 0.173. The molecule has 1 N–H and O–H groups in total. The molecule has 0 atom stereocenters. The monoisotopic (exact) mass is 460 g/mol. The number of amides is 1. The maximum Gasteiger partial charge on any atom is 0.460 e. The van der Waals surface area contributed by atoms with Crippen molar-refractivity contribution < 1.29 is 61.9 Å². The summed E-state index contributed by atoms with van der Waals surface area (Å²) < 4.78 is 167. The van der Waals surface area contributed by atoms with Gasteiger partial charge in [0.2, 0.25) is 0 Å². The standard InChI is InChI=1S/C11H5F13N2OS/c1-3-2-25-5(28-3)26-4(27)6(12,13)7(14,15)8(16,17)9(18,19)10(20,21)11(22,23)24/h2H,1H3,(H,25,26,27). The second-order valence-electron chi connectivity index (χ2n) is 5.10. The Morgan fingerprint density at radius 1 is 0.821 bits per heavy atom. The zero-order valence-corrected chi connectivity index (χ0v) is 13.6. The maximum atomic E-state index is 13.5. The third kappa shape index (κ3) is 3.36. The lowest BCUT2D eigenvalue weighted by Crippen LogP contribution is -2.71. The van der Waals surface area contributed by atoms with Gasteiger partial charge >= 0.3 is 41.7 Å². The largest absolute Gasteiger partial charge is 0.460 e. The molecule has 3 nitrogen and oxygen atoms in total. The Morgan fingerprint density at radius 3 is 1.61 bits per heavy atom. The predicted molar refractivity (Wildman–Crippen MR) is 66.3 cm³/mol. The van der Waals surface area contributed by atoms with Crippen LogP contribution in [0.15, 0.2) is 6.20 Å². The topological polar surface area (TPSA) is 42.0 Å². The minimum atomic E-state index is -8.05. The first-order valence-electron chi connectivity index (χ1n) is 6.34. The predicted octanol–water partition coefficient (Wildman–Crippen LogP) is 5.13. The molecule has 0 aliphatic carbocycles. The van der Waals surface area contributed by atoms with Crippen LogP contribution in [-0.2, 0) is 4.79 Å². The molecule has 1 rings (SSSR count). The highest BCUT2D eigenvalue weighted by Crippen LogP contribution is 2.60. The Hall–Kier alpha value is -1.81. The van der Waals surface area contributed by atoms with E-state index in [4.69, 9.17) is 0 Å². The van der Waals surface area contributed by atoms with Gasteiger partial charge in [0.15, 0.2) is 5.13 Å². The van der Waals surface area contributed by atoms with E-state index in [1.165, 1.54) is 6.92 Å². The molecule has 28 heavy (non-hydrogen) atoms. The second kappa shape index (κ2) is 6.62. The number of hydrogen-bond donors (Lipinski definition) is 1. The number of halogens is 13. The summed E-state index contributed by atoms with van der Waals surface area (Å²) >= 11 is 0.338. The van der Waals surface area contributed by atoms with Crippen molar-refractivity contribution in [3.8, 4) is 0 Å². The van der Waals surface area contributed by atoms with E-state index in [0.717, 1.165) is 11.5 Å². The number of hydrogen-bond acceptors (Lipinski definition) is 3. The van der Waals surface area contributed by atoms with Gasteiger partial charge in [-0.05, 0) is 6.92 Å². The van der Waals surface area contributed by atoms with E-state index in [2.05, 4.69) is 4.98 Å². The van der Waals surface area contributed by atoms with Gasteiger partial charge in [-0.3, -0.25) is 10.1 Å². The van der Waals surface area contributed by atoms with Crippen LogP contribution >= 0.6 is 11.3 Å². The quantitative estimate of drug-likeness (QED) is 0.599. The number of aromatic nitrogens is 1. The van der Waals surface area contributed by atoms with Crippen LogP contribution in [0.2, 0.25) is 0 Å². The van der Waals surface area contributed by atoms with Crippen LogP contribution < -0.4 is 5.32 Å². The number of anilines is 1. The van der Waals surface area contributed by atoms with E-state index in [9.17, 15) is 61.9 Å². The van der Waals surface area contributed by atoms with Crippen molar-refractivity contribution in [1.82, 2.24) is 4.98 Å². The highest BCUT2D eigenvalue weighted by molar-refractivity contribution is 7.15. The van der Waals surface area contributed by atoms with Gasteiger partial charge in [0.25, 0.3) is 0 Å². The number of rotatable bonds is 6. The number of alkyl halides is 13. The number of nitrogens with one attached hydrogen (secondary N) is 1. The van der Waals surface area contributed by atoms with Crippen LogP contribution in [0.25, 0.3) is 0 Å². The van der Waals surface area contributed by atoms with Gasteiger partial charge in [0.1, 0.15) is 0 Å². The van der Waals surface area contributed by atoms with Crippen LogP contribution in [0, 0.1) is 6.92 Å². The molecule has 0 saturated carbocycles. The normalized spacial score (nSPS) is 14.9.